The maximum atomic E-state index is 5.64. The van der Waals surface area contributed by atoms with E-state index in [9.17, 15) is 0 Å². The molecule has 2 nitrogen and oxygen atoms in total. The van der Waals surface area contributed by atoms with Crippen molar-refractivity contribution < 1.29 is 0 Å². The summed E-state index contributed by atoms with van der Waals surface area (Å²) in [4.78, 5) is 3.98. The predicted octanol–water partition coefficient (Wildman–Crippen LogP) is 2.50. The number of hydrogen-bond acceptors (Lipinski definition) is 2. The van der Waals surface area contributed by atoms with Crippen LogP contribution in [-0.2, 0) is 0 Å². The van der Waals surface area contributed by atoms with Crippen molar-refractivity contribution >= 4 is 37.5 Å². The zero-order valence-corrected chi connectivity index (χ0v) is 8.53. The summed E-state index contributed by atoms with van der Waals surface area (Å²) in [6.45, 7) is 1.94. The fourth-order valence-corrected chi connectivity index (χ4v) is 1.28. The Morgan fingerprint density at radius 2 is 2.10 bits per heavy atom. The summed E-state index contributed by atoms with van der Waals surface area (Å²) in [6.07, 6.45) is 1.72. The van der Waals surface area contributed by atoms with Crippen molar-refractivity contribution in [1.29, 1.82) is 0 Å². The summed E-state index contributed by atoms with van der Waals surface area (Å²) < 4.78 is 1.64. The molecule has 0 bridgehead atoms. The molecule has 0 unspecified atom stereocenters. The van der Waals surface area contributed by atoms with Crippen LogP contribution in [0.5, 0.6) is 0 Å². The third-order valence-electron chi connectivity index (χ3n) is 1.28. The summed E-state index contributed by atoms with van der Waals surface area (Å²) in [5.41, 5.74) is 7.35. The second kappa shape index (κ2) is 2.88. The monoisotopic (exact) mass is 264 g/mol. The van der Waals surface area contributed by atoms with Crippen molar-refractivity contribution in [2.75, 3.05) is 5.73 Å². The van der Waals surface area contributed by atoms with Gasteiger partial charge in [-0.05, 0) is 44.3 Å². The van der Waals surface area contributed by atoms with Gasteiger partial charge in [0.25, 0.3) is 0 Å². The highest BCUT2D eigenvalue weighted by Crippen LogP contribution is 2.25. The molecular weight excluding hydrogens is 260 g/mol. The lowest BCUT2D eigenvalue weighted by molar-refractivity contribution is 1.23. The largest absolute Gasteiger partial charge is 0.396 e. The van der Waals surface area contributed by atoms with E-state index in [-0.39, 0.29) is 0 Å². The maximum absolute atomic E-state index is 5.64. The van der Waals surface area contributed by atoms with Crippen LogP contribution in [0.1, 0.15) is 5.56 Å². The lowest BCUT2D eigenvalue weighted by atomic mass is 10.3. The highest BCUT2D eigenvalue weighted by molar-refractivity contribution is 9.11. The predicted molar refractivity (Wildman–Crippen MR) is 48.8 cm³/mol. The molecule has 1 heterocycles. The number of aromatic nitrogens is 1. The maximum Gasteiger partial charge on any atom is 0.129 e. The fraction of sp³-hybridized carbons (Fsp3) is 0.167. The molecule has 0 aliphatic rings. The number of nitrogens with two attached hydrogens (primary N) is 1. The molecule has 0 spiro atoms. The average Bonchev–Trinajstić information content (AvgIpc) is 1.93. The normalized spacial score (nSPS) is 9.90. The number of anilines is 1. The molecule has 10 heavy (non-hydrogen) atoms. The summed E-state index contributed by atoms with van der Waals surface area (Å²) >= 11 is 6.54. The molecule has 54 valence electrons. The molecule has 1 rings (SSSR count). The quantitative estimate of drug-likeness (QED) is 0.732. The number of rotatable bonds is 0. The Bertz CT molecular complexity index is 233. The van der Waals surface area contributed by atoms with Crippen molar-refractivity contribution in [2.45, 2.75) is 6.92 Å². The molecule has 0 saturated carbocycles. The van der Waals surface area contributed by atoms with E-state index in [4.69, 9.17) is 5.73 Å². The van der Waals surface area contributed by atoms with Gasteiger partial charge in [0.1, 0.15) is 4.60 Å². The molecular formula is C6H6Br2N2. The molecule has 0 saturated heterocycles. The average molecular weight is 266 g/mol. The molecule has 1 aromatic heterocycles. The molecule has 2 N–H and O–H groups in total. The second-order valence-corrected chi connectivity index (χ2v) is 3.54. The smallest absolute Gasteiger partial charge is 0.129 e. The van der Waals surface area contributed by atoms with E-state index in [0.29, 0.717) is 10.3 Å². The van der Waals surface area contributed by atoms with Crippen LogP contribution < -0.4 is 5.73 Å². The lowest BCUT2D eigenvalue weighted by Gasteiger charge is -2.02. The molecule has 0 atom stereocenters. The third kappa shape index (κ3) is 1.32. The zero-order valence-electron chi connectivity index (χ0n) is 5.36. The molecule has 0 amide bonds. The van der Waals surface area contributed by atoms with Crippen LogP contribution in [0.2, 0.25) is 0 Å². The standard InChI is InChI=1S/C6H6Br2N2/c1-3-4(7)2-10-6(8)5(3)9/h2H,9H2,1H3. The van der Waals surface area contributed by atoms with Gasteiger partial charge >= 0.3 is 0 Å². The van der Waals surface area contributed by atoms with Gasteiger partial charge in [0, 0.05) is 10.7 Å². The molecule has 0 radical (unpaired) electrons. The summed E-state index contributed by atoms with van der Waals surface area (Å²) in [6, 6.07) is 0. The Morgan fingerprint density at radius 1 is 1.50 bits per heavy atom. The van der Waals surface area contributed by atoms with Crippen molar-refractivity contribution in [2.24, 2.45) is 0 Å². The van der Waals surface area contributed by atoms with Crippen LogP contribution in [0, 0.1) is 6.92 Å². The van der Waals surface area contributed by atoms with Gasteiger partial charge in [-0.15, -0.1) is 0 Å². The first-order valence-corrected chi connectivity index (χ1v) is 4.27. The van der Waals surface area contributed by atoms with Gasteiger partial charge in [-0.25, -0.2) is 4.98 Å². The summed E-state index contributed by atoms with van der Waals surface area (Å²) in [7, 11) is 0. The van der Waals surface area contributed by atoms with Gasteiger partial charge in [0.2, 0.25) is 0 Å². The first kappa shape index (κ1) is 8.01. The molecule has 0 aliphatic carbocycles. The van der Waals surface area contributed by atoms with E-state index < -0.39 is 0 Å². The Balaban J connectivity index is 3.34. The number of halogens is 2. The van der Waals surface area contributed by atoms with Crippen molar-refractivity contribution in [3.05, 3.63) is 20.8 Å². The van der Waals surface area contributed by atoms with Gasteiger partial charge in [-0.2, -0.15) is 0 Å². The van der Waals surface area contributed by atoms with E-state index in [2.05, 4.69) is 36.8 Å². The van der Waals surface area contributed by atoms with Crippen LogP contribution in [-0.4, -0.2) is 4.98 Å². The van der Waals surface area contributed by atoms with E-state index >= 15 is 0 Å². The molecule has 4 heteroatoms. The minimum atomic E-state index is 0.689. The van der Waals surface area contributed by atoms with E-state index in [1.54, 1.807) is 6.20 Å². The number of nitrogens with zero attached hydrogens (tertiary/aromatic N) is 1. The first-order chi connectivity index (χ1) is 4.63. The molecule has 0 aromatic carbocycles. The Kier molecular flexibility index (Phi) is 2.31. The second-order valence-electron chi connectivity index (χ2n) is 1.94. The lowest BCUT2D eigenvalue weighted by Crippen LogP contribution is -1.93. The van der Waals surface area contributed by atoms with Crippen LogP contribution >= 0.6 is 31.9 Å². The highest BCUT2D eigenvalue weighted by atomic mass is 79.9. The molecule has 0 fully saturated rings. The van der Waals surface area contributed by atoms with Gasteiger partial charge in [0.15, 0.2) is 0 Å². The first-order valence-electron chi connectivity index (χ1n) is 2.69. The van der Waals surface area contributed by atoms with Gasteiger partial charge in [0.05, 0.1) is 5.69 Å². The van der Waals surface area contributed by atoms with Gasteiger partial charge in [-0.1, -0.05) is 0 Å². The number of hydrogen-bond donors (Lipinski definition) is 1. The van der Waals surface area contributed by atoms with E-state index in [1.807, 2.05) is 6.92 Å². The van der Waals surface area contributed by atoms with Crippen LogP contribution in [0.4, 0.5) is 5.69 Å². The minimum absolute atomic E-state index is 0.689. The number of nitrogen functional groups attached to an aromatic ring is 1. The van der Waals surface area contributed by atoms with E-state index in [1.165, 1.54) is 0 Å². The van der Waals surface area contributed by atoms with Crippen LogP contribution in [0.3, 0.4) is 0 Å². The summed E-state index contributed by atoms with van der Waals surface area (Å²) in [5.74, 6) is 0. The minimum Gasteiger partial charge on any atom is -0.396 e. The van der Waals surface area contributed by atoms with Crippen LogP contribution in [0.15, 0.2) is 15.3 Å². The number of pyridine rings is 1. The Hall–Kier alpha value is -0.0900. The highest BCUT2D eigenvalue weighted by Gasteiger charge is 2.02. The topological polar surface area (TPSA) is 38.9 Å². The fourth-order valence-electron chi connectivity index (χ4n) is 0.563. The molecule has 0 aliphatic heterocycles. The Morgan fingerprint density at radius 3 is 2.60 bits per heavy atom. The Labute approximate surface area is 76.1 Å². The van der Waals surface area contributed by atoms with Crippen molar-refractivity contribution in [3.8, 4) is 0 Å². The van der Waals surface area contributed by atoms with Gasteiger partial charge in [-0.3, -0.25) is 0 Å². The molecule has 1 aromatic rings. The van der Waals surface area contributed by atoms with Gasteiger partial charge < -0.3 is 5.73 Å². The van der Waals surface area contributed by atoms with Crippen molar-refractivity contribution in [1.82, 2.24) is 4.98 Å². The third-order valence-corrected chi connectivity index (χ3v) is 2.71. The van der Waals surface area contributed by atoms with Crippen molar-refractivity contribution in [3.63, 3.8) is 0 Å². The SMILES string of the molecule is Cc1c(Br)cnc(Br)c1N. The van der Waals surface area contributed by atoms with Crippen LogP contribution in [0.25, 0.3) is 0 Å². The van der Waals surface area contributed by atoms with E-state index in [0.717, 1.165) is 10.0 Å². The summed E-state index contributed by atoms with van der Waals surface area (Å²) in [5, 5.41) is 0. The zero-order chi connectivity index (χ0) is 7.72.